The number of ketones is 1. The van der Waals surface area contributed by atoms with Crippen LogP contribution in [0.15, 0.2) is 72.6 Å². The summed E-state index contributed by atoms with van der Waals surface area (Å²) in [5.41, 5.74) is 1.70. The minimum Gasteiger partial charge on any atom is -0.507 e. The van der Waals surface area contributed by atoms with Crippen molar-refractivity contribution in [2.45, 2.75) is 12.6 Å². The first-order chi connectivity index (χ1) is 15.9. The lowest BCUT2D eigenvalue weighted by Gasteiger charge is -2.26. The van der Waals surface area contributed by atoms with E-state index in [1.165, 1.54) is 19.1 Å². The topological polar surface area (TPSA) is 89.0 Å². The number of Topliss-reactive ketones (excluding diaryl/α,β-unsaturated/α-hetero) is 1. The first-order valence-corrected chi connectivity index (χ1v) is 10.5. The third-order valence-corrected chi connectivity index (χ3v) is 5.71. The molecule has 0 aliphatic carbocycles. The van der Waals surface area contributed by atoms with Gasteiger partial charge in [-0.25, -0.2) is 0 Å². The van der Waals surface area contributed by atoms with Crippen molar-refractivity contribution >= 4 is 29.1 Å². The van der Waals surface area contributed by atoms with Crippen LogP contribution in [0.1, 0.15) is 22.7 Å². The zero-order valence-electron chi connectivity index (χ0n) is 18.0. The minimum absolute atomic E-state index is 0.0153. The highest BCUT2D eigenvalue weighted by Gasteiger charge is 2.46. The van der Waals surface area contributed by atoms with Crippen molar-refractivity contribution in [3.05, 3.63) is 94.3 Å². The molecule has 1 saturated heterocycles. The summed E-state index contributed by atoms with van der Waals surface area (Å²) in [4.78, 5) is 31.8. The number of amides is 1. The number of ether oxygens (including phenoxy) is 2. The fraction of sp³-hybridized carbons (Fsp3) is 0.160. The summed E-state index contributed by atoms with van der Waals surface area (Å²) < 4.78 is 10.7. The Morgan fingerprint density at radius 1 is 1.06 bits per heavy atom. The number of carbonyl (C=O) groups excluding carboxylic acids is 2. The number of likely N-dealkylation sites (tertiary alicyclic amines) is 1. The van der Waals surface area contributed by atoms with Crippen molar-refractivity contribution in [2.24, 2.45) is 0 Å². The normalized spacial score (nSPS) is 17.3. The largest absolute Gasteiger partial charge is 0.507 e. The van der Waals surface area contributed by atoms with E-state index in [0.717, 1.165) is 5.56 Å². The molecule has 0 bridgehead atoms. The summed E-state index contributed by atoms with van der Waals surface area (Å²) in [6.45, 7) is 0.134. The predicted octanol–water partition coefficient (Wildman–Crippen LogP) is 4.37. The van der Waals surface area contributed by atoms with Crippen molar-refractivity contribution in [1.29, 1.82) is 0 Å². The lowest BCUT2D eigenvalue weighted by atomic mass is 9.95. The number of hydrogen-bond acceptors (Lipinski definition) is 6. The molecule has 0 unspecified atom stereocenters. The molecule has 7 nitrogen and oxygen atoms in total. The number of rotatable bonds is 6. The van der Waals surface area contributed by atoms with Crippen molar-refractivity contribution in [3.63, 3.8) is 0 Å². The number of aliphatic hydroxyl groups is 1. The van der Waals surface area contributed by atoms with E-state index in [4.69, 9.17) is 21.1 Å². The van der Waals surface area contributed by atoms with E-state index in [-0.39, 0.29) is 17.9 Å². The van der Waals surface area contributed by atoms with Crippen molar-refractivity contribution in [1.82, 2.24) is 9.88 Å². The number of methoxy groups -OCH3 is 2. The number of nitrogens with zero attached hydrogens (tertiary/aromatic N) is 2. The summed E-state index contributed by atoms with van der Waals surface area (Å²) in [5.74, 6) is -0.824. The van der Waals surface area contributed by atoms with Gasteiger partial charge in [-0.3, -0.25) is 14.6 Å². The molecule has 1 fully saturated rings. The molecule has 1 aliphatic rings. The summed E-state index contributed by atoms with van der Waals surface area (Å²) >= 11 is 5.97. The molecule has 2 aromatic carbocycles. The van der Waals surface area contributed by atoms with Crippen LogP contribution in [-0.4, -0.2) is 40.9 Å². The summed E-state index contributed by atoms with van der Waals surface area (Å²) in [6.07, 6.45) is 3.26. The summed E-state index contributed by atoms with van der Waals surface area (Å²) in [5, 5.41) is 11.6. The second kappa shape index (κ2) is 9.34. The number of benzene rings is 2. The average molecular weight is 465 g/mol. The monoisotopic (exact) mass is 464 g/mol. The van der Waals surface area contributed by atoms with Gasteiger partial charge in [0.2, 0.25) is 0 Å². The van der Waals surface area contributed by atoms with Gasteiger partial charge >= 0.3 is 0 Å². The first kappa shape index (κ1) is 22.4. The Balaban J connectivity index is 1.89. The highest BCUT2D eigenvalue weighted by Crippen LogP contribution is 2.42. The van der Waals surface area contributed by atoms with Gasteiger partial charge < -0.3 is 19.5 Å². The number of halogens is 1. The van der Waals surface area contributed by atoms with Gasteiger partial charge in [0.1, 0.15) is 5.76 Å². The molecule has 0 saturated carbocycles. The van der Waals surface area contributed by atoms with Gasteiger partial charge in [0.25, 0.3) is 11.7 Å². The third kappa shape index (κ3) is 4.27. The molecule has 1 atom stereocenters. The van der Waals surface area contributed by atoms with Gasteiger partial charge in [0.15, 0.2) is 11.5 Å². The molecule has 168 valence electrons. The Morgan fingerprint density at radius 2 is 1.79 bits per heavy atom. The van der Waals surface area contributed by atoms with Gasteiger partial charge in [-0.1, -0.05) is 23.7 Å². The fourth-order valence-corrected chi connectivity index (χ4v) is 3.99. The van der Waals surface area contributed by atoms with Gasteiger partial charge in [-0.05, 0) is 53.6 Å². The highest BCUT2D eigenvalue weighted by atomic mass is 35.5. The zero-order chi connectivity index (χ0) is 23.5. The summed E-state index contributed by atoms with van der Waals surface area (Å²) in [6, 6.07) is 14.3. The Bertz CT molecular complexity index is 1230. The maximum Gasteiger partial charge on any atom is 0.295 e. The van der Waals surface area contributed by atoms with Crippen molar-refractivity contribution < 1.29 is 24.2 Å². The number of aliphatic hydroxyl groups excluding tert-OH is 1. The van der Waals surface area contributed by atoms with Crippen LogP contribution in [-0.2, 0) is 16.1 Å². The van der Waals surface area contributed by atoms with E-state index >= 15 is 0 Å². The second-order valence-corrected chi connectivity index (χ2v) is 7.85. The maximum atomic E-state index is 13.1. The lowest BCUT2D eigenvalue weighted by Crippen LogP contribution is -2.29. The summed E-state index contributed by atoms with van der Waals surface area (Å²) in [7, 11) is 3.02. The minimum atomic E-state index is -0.847. The number of hydrogen-bond donors (Lipinski definition) is 1. The van der Waals surface area contributed by atoms with Crippen molar-refractivity contribution in [2.75, 3.05) is 14.2 Å². The van der Waals surface area contributed by atoms with E-state index < -0.39 is 17.7 Å². The molecule has 33 heavy (non-hydrogen) atoms. The third-order valence-electron chi connectivity index (χ3n) is 5.46. The second-order valence-electron chi connectivity index (χ2n) is 7.41. The Labute approximate surface area is 195 Å². The van der Waals surface area contributed by atoms with Crippen LogP contribution in [0.2, 0.25) is 5.02 Å². The van der Waals surface area contributed by atoms with Gasteiger partial charge in [0.05, 0.1) is 25.8 Å². The molecule has 1 aliphatic heterocycles. The molecule has 0 radical (unpaired) electrons. The molecular weight excluding hydrogens is 444 g/mol. The highest BCUT2D eigenvalue weighted by molar-refractivity contribution is 6.46. The molecule has 1 aromatic heterocycles. The molecule has 1 N–H and O–H groups in total. The molecule has 2 heterocycles. The maximum absolute atomic E-state index is 13.1. The molecule has 0 spiro atoms. The molecule has 4 rings (SSSR count). The van der Waals surface area contributed by atoms with Gasteiger partial charge in [0, 0.05) is 29.5 Å². The Kier molecular flexibility index (Phi) is 6.33. The number of carbonyl (C=O) groups is 2. The van der Waals surface area contributed by atoms with E-state index in [1.807, 2.05) is 6.07 Å². The van der Waals surface area contributed by atoms with Gasteiger partial charge in [-0.2, -0.15) is 0 Å². The Hall–Kier alpha value is -3.84. The zero-order valence-corrected chi connectivity index (χ0v) is 18.7. The SMILES string of the molecule is COc1ccc([C@@H]2C(=C(O)c3ccc(Cl)cc3)C(=O)C(=O)N2Cc2cccnc2)cc1OC. The predicted molar refractivity (Wildman–Crippen MR) is 123 cm³/mol. The van der Waals surface area contributed by atoms with Crippen LogP contribution in [0, 0.1) is 0 Å². The number of aromatic nitrogens is 1. The average Bonchev–Trinajstić information content (AvgIpc) is 3.09. The smallest absolute Gasteiger partial charge is 0.295 e. The van der Waals surface area contributed by atoms with Crippen LogP contribution in [0.3, 0.4) is 0 Å². The van der Waals surface area contributed by atoms with E-state index in [1.54, 1.807) is 60.9 Å². The van der Waals surface area contributed by atoms with Crippen LogP contribution in [0.5, 0.6) is 11.5 Å². The molecule has 3 aromatic rings. The van der Waals surface area contributed by atoms with Crippen LogP contribution in [0.25, 0.3) is 5.76 Å². The standard InChI is InChI=1S/C25H21ClN2O5/c1-32-19-10-7-17(12-20(19)33-2)22-21(23(29)16-5-8-18(26)9-6-16)24(30)25(31)28(22)14-15-4-3-11-27-13-15/h3-13,22,29H,14H2,1-2H3/t22-/m1/s1. The molecule has 8 heteroatoms. The van der Waals surface area contributed by atoms with Crippen LogP contribution < -0.4 is 9.47 Å². The van der Waals surface area contributed by atoms with E-state index in [2.05, 4.69) is 4.98 Å². The lowest BCUT2D eigenvalue weighted by molar-refractivity contribution is -0.140. The van der Waals surface area contributed by atoms with Crippen molar-refractivity contribution in [3.8, 4) is 11.5 Å². The fourth-order valence-electron chi connectivity index (χ4n) is 3.86. The van der Waals surface area contributed by atoms with E-state index in [9.17, 15) is 14.7 Å². The molecule has 1 amide bonds. The van der Waals surface area contributed by atoms with Crippen LogP contribution in [0.4, 0.5) is 0 Å². The van der Waals surface area contributed by atoms with E-state index in [0.29, 0.717) is 27.6 Å². The van der Waals surface area contributed by atoms with Gasteiger partial charge in [-0.15, -0.1) is 0 Å². The first-order valence-electron chi connectivity index (χ1n) is 10.1. The quantitative estimate of drug-likeness (QED) is 0.331. The Morgan fingerprint density at radius 3 is 2.42 bits per heavy atom. The molecular formula is C25H21ClN2O5. The number of pyridine rings is 1. The van der Waals surface area contributed by atoms with Crippen LogP contribution >= 0.6 is 11.6 Å².